The minimum absolute atomic E-state index is 0.0864. The Morgan fingerprint density at radius 1 is 1.29 bits per heavy atom. The third-order valence-electron chi connectivity index (χ3n) is 4.97. The highest BCUT2D eigenvalue weighted by Gasteiger charge is 2.38. The molecule has 2 aliphatic rings. The van der Waals surface area contributed by atoms with Crippen LogP contribution >= 0.6 is 0 Å². The number of aliphatic hydroxyl groups is 1. The summed E-state index contributed by atoms with van der Waals surface area (Å²) in [6.07, 6.45) is 9.24. The molecule has 3 heterocycles. The van der Waals surface area contributed by atoms with Crippen LogP contribution in [0.5, 0.6) is 0 Å². The number of β-amino-alcohol motifs (C(OH)–C–C–N with tert-alkyl or cyclic N) is 1. The number of nitrogens with zero attached hydrogens (tertiary/aromatic N) is 5. The number of likely N-dealkylation sites (tertiary alicyclic amines) is 1. The Hall–Kier alpha value is -1.73. The van der Waals surface area contributed by atoms with E-state index in [4.69, 9.17) is 0 Å². The number of hydrogen-bond donors (Lipinski definition) is 1. The lowest BCUT2D eigenvalue weighted by Crippen LogP contribution is -2.48. The van der Waals surface area contributed by atoms with Crippen LogP contribution in [0.2, 0.25) is 0 Å². The monoisotopic (exact) mass is 333 g/mol. The first-order valence-corrected chi connectivity index (χ1v) is 8.75. The predicted molar refractivity (Wildman–Crippen MR) is 91.7 cm³/mol. The first-order chi connectivity index (χ1) is 11.6. The van der Waals surface area contributed by atoms with Crippen LogP contribution in [-0.2, 0) is 4.79 Å². The average Bonchev–Trinajstić information content (AvgIpc) is 2.98. The summed E-state index contributed by atoms with van der Waals surface area (Å²) >= 11 is 0. The Kier molecular flexibility index (Phi) is 5.30. The number of aromatic nitrogens is 2. The molecule has 1 aromatic rings. The van der Waals surface area contributed by atoms with Crippen LogP contribution in [-0.4, -0.2) is 82.7 Å². The molecular formula is C17H27N5O2. The van der Waals surface area contributed by atoms with E-state index in [0.29, 0.717) is 26.1 Å². The molecule has 2 aliphatic heterocycles. The summed E-state index contributed by atoms with van der Waals surface area (Å²) in [4.78, 5) is 26.7. The molecule has 24 heavy (non-hydrogen) atoms. The average molecular weight is 333 g/mol. The standard InChI is InChI=1S/C17H27N5O2/c1-20(16(23)12-21-8-3-2-4-9-21)13-17(24)5-10-22(14-17)15-11-18-6-7-19-15/h6-7,11,24H,2-5,8-10,12-14H2,1H3/t17-/m0/s1. The summed E-state index contributed by atoms with van der Waals surface area (Å²) in [7, 11) is 1.79. The third kappa shape index (κ3) is 4.21. The van der Waals surface area contributed by atoms with E-state index < -0.39 is 5.60 Å². The summed E-state index contributed by atoms with van der Waals surface area (Å²) in [5.74, 6) is 0.860. The van der Waals surface area contributed by atoms with Crippen molar-refractivity contribution >= 4 is 11.7 Å². The zero-order valence-electron chi connectivity index (χ0n) is 14.4. The zero-order chi connectivity index (χ0) is 17.0. The van der Waals surface area contributed by atoms with Crippen LogP contribution < -0.4 is 4.90 Å². The lowest BCUT2D eigenvalue weighted by atomic mass is 10.0. The van der Waals surface area contributed by atoms with Crippen molar-refractivity contribution in [2.24, 2.45) is 0 Å². The number of likely N-dealkylation sites (N-methyl/N-ethyl adjacent to an activating group) is 1. The molecule has 1 amide bonds. The number of carbonyl (C=O) groups is 1. The summed E-state index contributed by atoms with van der Waals surface area (Å²) < 4.78 is 0. The maximum atomic E-state index is 12.4. The summed E-state index contributed by atoms with van der Waals surface area (Å²) in [6, 6.07) is 0. The van der Waals surface area contributed by atoms with Gasteiger partial charge in [0.15, 0.2) is 0 Å². The Labute approximate surface area is 143 Å². The van der Waals surface area contributed by atoms with Gasteiger partial charge in [0.25, 0.3) is 0 Å². The van der Waals surface area contributed by atoms with Gasteiger partial charge >= 0.3 is 0 Å². The van der Waals surface area contributed by atoms with E-state index in [2.05, 4.69) is 14.9 Å². The van der Waals surface area contributed by atoms with E-state index in [-0.39, 0.29) is 5.91 Å². The normalized spacial score (nSPS) is 25.0. The number of anilines is 1. The van der Waals surface area contributed by atoms with Crippen LogP contribution in [0.15, 0.2) is 18.6 Å². The molecule has 0 aliphatic carbocycles. The minimum atomic E-state index is -0.885. The molecule has 0 spiro atoms. The second kappa shape index (κ2) is 7.44. The quantitative estimate of drug-likeness (QED) is 0.839. The van der Waals surface area contributed by atoms with Gasteiger partial charge in [0.2, 0.25) is 5.91 Å². The van der Waals surface area contributed by atoms with Crippen LogP contribution in [0, 0.1) is 0 Å². The van der Waals surface area contributed by atoms with E-state index >= 15 is 0 Å². The second-order valence-corrected chi connectivity index (χ2v) is 7.05. The molecule has 7 heteroatoms. The van der Waals surface area contributed by atoms with E-state index in [1.807, 2.05) is 4.90 Å². The topological polar surface area (TPSA) is 72.8 Å². The fourth-order valence-electron chi connectivity index (χ4n) is 3.59. The molecule has 1 aromatic heterocycles. The molecule has 0 aromatic carbocycles. The summed E-state index contributed by atoms with van der Waals surface area (Å²) in [5, 5.41) is 10.9. The lowest BCUT2D eigenvalue weighted by Gasteiger charge is -2.32. The Morgan fingerprint density at radius 3 is 2.79 bits per heavy atom. The number of hydrogen-bond acceptors (Lipinski definition) is 6. The van der Waals surface area contributed by atoms with E-state index in [1.165, 1.54) is 19.3 Å². The van der Waals surface area contributed by atoms with E-state index in [1.54, 1.807) is 30.5 Å². The molecular weight excluding hydrogens is 306 g/mol. The van der Waals surface area contributed by atoms with E-state index in [0.717, 1.165) is 25.5 Å². The van der Waals surface area contributed by atoms with Crippen LogP contribution in [0.25, 0.3) is 0 Å². The molecule has 3 rings (SSSR count). The zero-order valence-corrected chi connectivity index (χ0v) is 14.4. The first kappa shape index (κ1) is 17.1. The van der Waals surface area contributed by atoms with Crippen molar-refractivity contribution in [2.75, 3.05) is 51.2 Å². The van der Waals surface area contributed by atoms with Crippen molar-refractivity contribution in [3.8, 4) is 0 Å². The third-order valence-corrected chi connectivity index (χ3v) is 4.97. The number of carbonyl (C=O) groups excluding carboxylic acids is 1. The molecule has 7 nitrogen and oxygen atoms in total. The van der Waals surface area contributed by atoms with Crippen molar-refractivity contribution in [1.29, 1.82) is 0 Å². The minimum Gasteiger partial charge on any atom is -0.386 e. The fraction of sp³-hybridized carbons (Fsp3) is 0.706. The van der Waals surface area contributed by atoms with Gasteiger partial charge in [-0.3, -0.25) is 14.7 Å². The maximum absolute atomic E-state index is 12.4. The summed E-state index contributed by atoms with van der Waals surface area (Å²) in [6.45, 7) is 4.03. The molecule has 132 valence electrons. The lowest BCUT2D eigenvalue weighted by molar-refractivity contribution is -0.134. The van der Waals surface area contributed by atoms with Gasteiger partial charge in [-0.15, -0.1) is 0 Å². The highest BCUT2D eigenvalue weighted by atomic mass is 16.3. The molecule has 1 atom stereocenters. The van der Waals surface area contributed by atoms with Crippen molar-refractivity contribution < 1.29 is 9.90 Å². The maximum Gasteiger partial charge on any atom is 0.236 e. The molecule has 0 saturated carbocycles. The predicted octanol–water partition coefficient (Wildman–Crippen LogP) is 0.362. The first-order valence-electron chi connectivity index (χ1n) is 8.75. The van der Waals surface area contributed by atoms with Gasteiger partial charge in [-0.2, -0.15) is 0 Å². The van der Waals surface area contributed by atoms with Gasteiger partial charge in [-0.05, 0) is 32.4 Å². The molecule has 1 N–H and O–H groups in total. The Morgan fingerprint density at radius 2 is 2.08 bits per heavy atom. The largest absolute Gasteiger partial charge is 0.386 e. The summed E-state index contributed by atoms with van der Waals surface area (Å²) in [5.41, 5.74) is -0.885. The Balaban J connectivity index is 1.52. The van der Waals surface area contributed by atoms with Gasteiger partial charge < -0.3 is 14.9 Å². The van der Waals surface area contributed by atoms with Crippen LogP contribution in [0.1, 0.15) is 25.7 Å². The Bertz CT molecular complexity index is 549. The molecule has 2 saturated heterocycles. The van der Waals surface area contributed by atoms with Crippen molar-refractivity contribution in [3.63, 3.8) is 0 Å². The highest BCUT2D eigenvalue weighted by Crippen LogP contribution is 2.25. The highest BCUT2D eigenvalue weighted by molar-refractivity contribution is 5.78. The molecule has 0 bridgehead atoms. The van der Waals surface area contributed by atoms with Gasteiger partial charge in [-0.25, -0.2) is 4.98 Å². The van der Waals surface area contributed by atoms with Crippen molar-refractivity contribution in [2.45, 2.75) is 31.3 Å². The van der Waals surface area contributed by atoms with Gasteiger partial charge in [0, 0.05) is 32.5 Å². The van der Waals surface area contributed by atoms with Gasteiger partial charge in [0.1, 0.15) is 11.4 Å². The molecule has 0 unspecified atom stereocenters. The smallest absolute Gasteiger partial charge is 0.236 e. The SMILES string of the molecule is CN(C[C@@]1(O)CCN(c2cnccn2)C1)C(=O)CN1CCCCC1. The molecule has 0 radical (unpaired) electrons. The number of amides is 1. The fourth-order valence-corrected chi connectivity index (χ4v) is 3.59. The van der Waals surface area contributed by atoms with Crippen LogP contribution in [0.3, 0.4) is 0 Å². The van der Waals surface area contributed by atoms with Crippen molar-refractivity contribution in [3.05, 3.63) is 18.6 Å². The second-order valence-electron chi connectivity index (χ2n) is 7.05. The molecule has 2 fully saturated rings. The number of piperidine rings is 1. The van der Waals surface area contributed by atoms with E-state index in [9.17, 15) is 9.90 Å². The van der Waals surface area contributed by atoms with Gasteiger partial charge in [-0.1, -0.05) is 6.42 Å². The van der Waals surface area contributed by atoms with Crippen LogP contribution in [0.4, 0.5) is 5.82 Å². The number of rotatable bonds is 5. The van der Waals surface area contributed by atoms with Gasteiger partial charge in [0.05, 0.1) is 19.3 Å². The van der Waals surface area contributed by atoms with Crippen molar-refractivity contribution in [1.82, 2.24) is 19.8 Å².